The molecule has 4 aromatic rings. The molecule has 5 rings (SSSR count). The quantitative estimate of drug-likeness (QED) is 0.208. The minimum atomic E-state index is -0.952. The van der Waals surface area contributed by atoms with Crippen molar-refractivity contribution >= 4 is 34.3 Å². The molecule has 40 heavy (non-hydrogen) atoms. The van der Waals surface area contributed by atoms with Crippen molar-refractivity contribution in [2.24, 2.45) is 0 Å². The van der Waals surface area contributed by atoms with Crippen molar-refractivity contribution in [2.45, 2.75) is 53.4 Å². The SMILES string of the molecule is CCc1cccc(CC)c1Nc1c(F)c2c(c(F)c1Nc1c(CC)cccc1CC)C(=O)c1ccccc1C2=O. The Morgan fingerprint density at radius 1 is 0.500 bits per heavy atom. The zero-order chi connectivity index (χ0) is 28.6. The van der Waals surface area contributed by atoms with Gasteiger partial charge in [0.25, 0.3) is 0 Å². The minimum Gasteiger partial charge on any atom is -0.351 e. The summed E-state index contributed by atoms with van der Waals surface area (Å²) in [5, 5.41) is 6.37. The molecule has 2 N–H and O–H groups in total. The van der Waals surface area contributed by atoms with E-state index in [9.17, 15) is 9.59 Å². The molecule has 1 aliphatic carbocycles. The second kappa shape index (κ2) is 11.0. The van der Waals surface area contributed by atoms with E-state index >= 15 is 8.78 Å². The summed E-state index contributed by atoms with van der Waals surface area (Å²) < 4.78 is 33.4. The van der Waals surface area contributed by atoms with Gasteiger partial charge in [0.15, 0.2) is 23.2 Å². The predicted octanol–water partition coefficient (Wildman–Crippen LogP) is 8.48. The van der Waals surface area contributed by atoms with E-state index in [1.165, 1.54) is 12.1 Å². The van der Waals surface area contributed by atoms with Gasteiger partial charge in [-0.25, -0.2) is 8.78 Å². The first-order valence-corrected chi connectivity index (χ1v) is 13.8. The normalized spacial score (nSPS) is 12.2. The molecular weight excluding hydrogens is 506 g/mol. The van der Waals surface area contributed by atoms with Gasteiger partial charge < -0.3 is 10.6 Å². The lowest BCUT2D eigenvalue weighted by Gasteiger charge is -2.26. The number of rotatable bonds is 8. The molecular formula is C34H32F2N2O2. The van der Waals surface area contributed by atoms with Crippen molar-refractivity contribution in [1.29, 1.82) is 0 Å². The van der Waals surface area contributed by atoms with Gasteiger partial charge in [-0.05, 0) is 47.9 Å². The number of benzene rings is 4. The Balaban J connectivity index is 1.82. The molecule has 0 aliphatic heterocycles. The zero-order valence-corrected chi connectivity index (χ0v) is 23.2. The van der Waals surface area contributed by atoms with Gasteiger partial charge in [0, 0.05) is 22.5 Å². The van der Waals surface area contributed by atoms with Crippen LogP contribution in [0.5, 0.6) is 0 Å². The number of aryl methyl sites for hydroxylation is 4. The highest BCUT2D eigenvalue weighted by Crippen LogP contribution is 2.43. The Bertz CT molecular complexity index is 1490. The number of carbonyl (C=O) groups is 2. The maximum atomic E-state index is 16.7. The summed E-state index contributed by atoms with van der Waals surface area (Å²) in [6.07, 6.45) is 2.66. The second-order valence-corrected chi connectivity index (χ2v) is 9.90. The molecule has 0 atom stereocenters. The summed E-state index contributed by atoms with van der Waals surface area (Å²) in [5.74, 6) is -3.32. The molecule has 1 aliphatic rings. The third-order valence-corrected chi connectivity index (χ3v) is 7.75. The minimum absolute atomic E-state index is 0.0674. The maximum Gasteiger partial charge on any atom is 0.197 e. The van der Waals surface area contributed by atoms with E-state index in [0.29, 0.717) is 37.1 Å². The van der Waals surface area contributed by atoms with Gasteiger partial charge in [0.1, 0.15) is 11.4 Å². The fourth-order valence-corrected chi connectivity index (χ4v) is 5.55. The zero-order valence-electron chi connectivity index (χ0n) is 23.2. The number of hydrogen-bond acceptors (Lipinski definition) is 4. The number of para-hydroxylation sites is 2. The molecule has 0 fully saturated rings. The van der Waals surface area contributed by atoms with E-state index in [1.54, 1.807) is 12.1 Å². The number of halogens is 2. The van der Waals surface area contributed by atoms with Gasteiger partial charge in [-0.2, -0.15) is 0 Å². The van der Waals surface area contributed by atoms with Crippen LogP contribution in [0.4, 0.5) is 31.5 Å². The van der Waals surface area contributed by atoms with Crippen LogP contribution in [0.2, 0.25) is 0 Å². The smallest absolute Gasteiger partial charge is 0.197 e. The van der Waals surface area contributed by atoms with Crippen molar-refractivity contribution in [1.82, 2.24) is 0 Å². The number of ketones is 2. The van der Waals surface area contributed by atoms with Crippen LogP contribution in [0.1, 0.15) is 81.8 Å². The Morgan fingerprint density at radius 2 is 0.825 bits per heavy atom. The van der Waals surface area contributed by atoms with E-state index < -0.39 is 34.3 Å². The average molecular weight is 539 g/mol. The lowest BCUT2D eigenvalue weighted by atomic mass is 9.82. The Kier molecular flexibility index (Phi) is 7.53. The molecule has 0 bridgehead atoms. The van der Waals surface area contributed by atoms with Crippen LogP contribution in [0.15, 0.2) is 60.7 Å². The highest BCUT2D eigenvalue weighted by molar-refractivity contribution is 6.29. The van der Waals surface area contributed by atoms with Gasteiger partial charge in [-0.1, -0.05) is 88.4 Å². The summed E-state index contributed by atoms with van der Waals surface area (Å²) in [4.78, 5) is 27.1. The van der Waals surface area contributed by atoms with Crippen LogP contribution in [-0.4, -0.2) is 11.6 Å². The number of anilines is 4. The van der Waals surface area contributed by atoms with Crippen LogP contribution in [0.25, 0.3) is 0 Å². The van der Waals surface area contributed by atoms with Crippen molar-refractivity contribution in [3.8, 4) is 0 Å². The van der Waals surface area contributed by atoms with Gasteiger partial charge >= 0.3 is 0 Å². The molecule has 0 amide bonds. The molecule has 4 aromatic carbocycles. The maximum absolute atomic E-state index is 16.7. The van der Waals surface area contributed by atoms with Crippen LogP contribution in [0, 0.1) is 11.6 Å². The van der Waals surface area contributed by atoms with Crippen LogP contribution in [-0.2, 0) is 25.7 Å². The summed E-state index contributed by atoms with van der Waals surface area (Å²) >= 11 is 0. The standard InChI is InChI=1S/C34H32F2N2O2/c1-5-19-13-11-14-20(6-2)29(19)37-31-27(35)25-26(34(40)24-18-10-9-17-23(24)33(25)39)28(36)32(31)38-30-21(7-3)15-12-16-22(30)8-4/h9-18,37-38H,5-8H2,1-4H3. The molecule has 0 saturated heterocycles. The lowest BCUT2D eigenvalue weighted by molar-refractivity contribution is 0.0972. The number of nitrogens with one attached hydrogen (secondary N) is 2. The molecule has 204 valence electrons. The summed E-state index contributed by atoms with van der Waals surface area (Å²) in [6.45, 7) is 7.97. The number of hydrogen-bond donors (Lipinski definition) is 2. The second-order valence-electron chi connectivity index (χ2n) is 9.90. The average Bonchev–Trinajstić information content (AvgIpc) is 2.99. The third kappa shape index (κ3) is 4.37. The lowest BCUT2D eigenvalue weighted by Crippen LogP contribution is -2.25. The predicted molar refractivity (Wildman–Crippen MR) is 157 cm³/mol. The van der Waals surface area contributed by atoms with E-state index in [2.05, 4.69) is 10.6 Å². The monoisotopic (exact) mass is 538 g/mol. The Hall–Kier alpha value is -4.32. The molecule has 0 unspecified atom stereocenters. The van der Waals surface area contributed by atoms with Crippen LogP contribution >= 0.6 is 0 Å². The summed E-state index contributed by atoms with van der Waals surface area (Å²) in [7, 11) is 0. The van der Waals surface area contributed by atoms with Gasteiger partial charge in [0.05, 0.1) is 11.1 Å². The largest absolute Gasteiger partial charge is 0.351 e. The Labute approximate surface area is 233 Å². The first kappa shape index (κ1) is 27.3. The first-order valence-electron chi connectivity index (χ1n) is 13.8. The fourth-order valence-electron chi connectivity index (χ4n) is 5.55. The topological polar surface area (TPSA) is 58.2 Å². The van der Waals surface area contributed by atoms with E-state index in [0.717, 1.165) is 22.3 Å². The van der Waals surface area contributed by atoms with Crippen molar-refractivity contribution < 1.29 is 18.4 Å². The molecule has 0 spiro atoms. The third-order valence-electron chi connectivity index (χ3n) is 7.75. The molecule has 6 heteroatoms. The highest BCUT2D eigenvalue weighted by Gasteiger charge is 2.38. The van der Waals surface area contributed by atoms with E-state index in [1.807, 2.05) is 64.1 Å². The molecule has 0 aromatic heterocycles. The van der Waals surface area contributed by atoms with Gasteiger partial charge in [-0.15, -0.1) is 0 Å². The van der Waals surface area contributed by atoms with E-state index in [-0.39, 0.29) is 22.5 Å². The molecule has 0 heterocycles. The number of fused-ring (bicyclic) bond motifs is 2. The van der Waals surface area contributed by atoms with Crippen LogP contribution in [0.3, 0.4) is 0 Å². The van der Waals surface area contributed by atoms with E-state index in [4.69, 9.17) is 0 Å². The summed E-state index contributed by atoms with van der Waals surface area (Å²) in [6, 6.07) is 17.8. The van der Waals surface area contributed by atoms with Crippen LogP contribution < -0.4 is 10.6 Å². The number of carbonyl (C=O) groups excluding carboxylic acids is 2. The van der Waals surface area contributed by atoms with Crippen molar-refractivity contribution in [2.75, 3.05) is 10.6 Å². The van der Waals surface area contributed by atoms with Gasteiger partial charge in [-0.3, -0.25) is 9.59 Å². The molecule has 0 saturated carbocycles. The van der Waals surface area contributed by atoms with Gasteiger partial charge in [0.2, 0.25) is 0 Å². The molecule has 0 radical (unpaired) electrons. The fraction of sp³-hybridized carbons (Fsp3) is 0.235. The highest BCUT2D eigenvalue weighted by atomic mass is 19.1. The van der Waals surface area contributed by atoms with Crippen molar-refractivity contribution in [3.05, 3.63) is 117 Å². The molecule has 4 nitrogen and oxygen atoms in total. The Morgan fingerprint density at radius 3 is 1.12 bits per heavy atom. The first-order chi connectivity index (χ1) is 19.4. The van der Waals surface area contributed by atoms with Crippen molar-refractivity contribution in [3.63, 3.8) is 0 Å². The summed E-state index contributed by atoms with van der Waals surface area (Å²) in [5.41, 5.74) is 3.72.